The molecule has 0 N–H and O–H groups in total. The van der Waals surface area contributed by atoms with Crippen LogP contribution in [-0.4, -0.2) is 31.3 Å². The molecule has 2 aromatic rings. The standard InChI is InChI=1S/C19H21NOS/c1-20(2)12-7-13-22-19-14-15-8-3-5-10-17(15)21-18-11-6-4-9-16(18)19/h3-6,8-11,14H,7,12-13H2,1-2H3. The van der Waals surface area contributed by atoms with Crippen LogP contribution in [0.25, 0.3) is 11.0 Å². The molecule has 1 heterocycles. The Morgan fingerprint density at radius 2 is 1.68 bits per heavy atom. The molecule has 3 rings (SSSR count). The monoisotopic (exact) mass is 311 g/mol. The van der Waals surface area contributed by atoms with E-state index < -0.39 is 0 Å². The van der Waals surface area contributed by atoms with E-state index in [-0.39, 0.29) is 0 Å². The van der Waals surface area contributed by atoms with Crippen LogP contribution in [-0.2, 0) is 0 Å². The molecule has 0 saturated carbocycles. The highest BCUT2D eigenvalue weighted by atomic mass is 32.2. The number of rotatable bonds is 5. The van der Waals surface area contributed by atoms with Crippen LogP contribution in [0.3, 0.4) is 0 Å². The Morgan fingerprint density at radius 1 is 0.955 bits per heavy atom. The third-order valence-electron chi connectivity index (χ3n) is 3.59. The van der Waals surface area contributed by atoms with Crippen molar-refractivity contribution < 1.29 is 4.74 Å². The number of para-hydroxylation sites is 2. The molecule has 0 spiro atoms. The average Bonchev–Trinajstić information content (AvgIpc) is 2.68. The van der Waals surface area contributed by atoms with Gasteiger partial charge in [-0.25, -0.2) is 0 Å². The van der Waals surface area contributed by atoms with Crippen molar-refractivity contribution >= 4 is 22.7 Å². The lowest BCUT2D eigenvalue weighted by Gasteiger charge is -2.12. The topological polar surface area (TPSA) is 12.5 Å². The van der Waals surface area contributed by atoms with Crippen molar-refractivity contribution in [1.82, 2.24) is 4.90 Å². The van der Waals surface area contributed by atoms with Crippen LogP contribution in [0.1, 0.15) is 17.5 Å². The molecule has 0 unspecified atom stereocenters. The molecule has 0 aliphatic carbocycles. The van der Waals surface area contributed by atoms with Gasteiger partial charge in [0.1, 0.15) is 11.5 Å². The molecular formula is C19H21NOS. The first kappa shape index (κ1) is 15.2. The summed E-state index contributed by atoms with van der Waals surface area (Å²) in [7, 11) is 4.24. The van der Waals surface area contributed by atoms with Gasteiger partial charge in [0.2, 0.25) is 0 Å². The lowest BCUT2D eigenvalue weighted by Crippen LogP contribution is -2.13. The Bertz CT molecular complexity index is 679. The number of benzene rings is 2. The van der Waals surface area contributed by atoms with Gasteiger partial charge in [-0.2, -0.15) is 0 Å². The second-order valence-corrected chi connectivity index (χ2v) is 6.79. The molecule has 2 nitrogen and oxygen atoms in total. The van der Waals surface area contributed by atoms with Crippen molar-refractivity contribution in [2.24, 2.45) is 0 Å². The van der Waals surface area contributed by atoms with Gasteiger partial charge in [-0.3, -0.25) is 0 Å². The highest BCUT2D eigenvalue weighted by Crippen LogP contribution is 2.42. The third-order valence-corrected chi connectivity index (χ3v) is 4.73. The summed E-state index contributed by atoms with van der Waals surface area (Å²) < 4.78 is 6.10. The van der Waals surface area contributed by atoms with Gasteiger partial charge in [-0.05, 0) is 51.0 Å². The van der Waals surface area contributed by atoms with Crippen molar-refractivity contribution in [1.29, 1.82) is 0 Å². The van der Waals surface area contributed by atoms with Crippen molar-refractivity contribution in [3.63, 3.8) is 0 Å². The molecule has 3 heteroatoms. The minimum Gasteiger partial charge on any atom is -0.456 e. The predicted molar refractivity (Wildman–Crippen MR) is 96.5 cm³/mol. The number of thioether (sulfide) groups is 1. The Morgan fingerprint density at radius 3 is 2.50 bits per heavy atom. The number of hydrogen-bond donors (Lipinski definition) is 0. The zero-order valence-corrected chi connectivity index (χ0v) is 13.9. The number of nitrogens with zero attached hydrogens (tertiary/aromatic N) is 1. The van der Waals surface area contributed by atoms with Gasteiger partial charge in [0.15, 0.2) is 0 Å². The van der Waals surface area contributed by atoms with Gasteiger partial charge >= 0.3 is 0 Å². The number of ether oxygens (including phenoxy) is 1. The molecule has 1 aliphatic rings. The predicted octanol–water partition coefficient (Wildman–Crippen LogP) is 4.98. The molecule has 22 heavy (non-hydrogen) atoms. The first-order valence-corrected chi connectivity index (χ1v) is 8.58. The molecule has 0 saturated heterocycles. The Balaban J connectivity index is 1.87. The Kier molecular flexibility index (Phi) is 4.86. The lowest BCUT2D eigenvalue weighted by molar-refractivity contribution is 0.410. The van der Waals surface area contributed by atoms with Gasteiger partial charge in [0, 0.05) is 16.0 Å². The normalized spacial score (nSPS) is 13.0. The van der Waals surface area contributed by atoms with E-state index in [4.69, 9.17) is 4.74 Å². The molecular weight excluding hydrogens is 290 g/mol. The SMILES string of the molecule is CN(C)CCCSC1=Cc2ccccc2Oc2ccccc21. The first-order chi connectivity index (χ1) is 10.7. The largest absolute Gasteiger partial charge is 0.456 e. The average molecular weight is 311 g/mol. The van der Waals surface area contributed by atoms with E-state index in [0.29, 0.717) is 0 Å². The molecule has 0 bridgehead atoms. The minimum absolute atomic E-state index is 0.929. The fourth-order valence-electron chi connectivity index (χ4n) is 2.47. The van der Waals surface area contributed by atoms with E-state index in [1.54, 1.807) is 0 Å². The van der Waals surface area contributed by atoms with Crippen molar-refractivity contribution in [2.45, 2.75) is 6.42 Å². The highest BCUT2D eigenvalue weighted by molar-refractivity contribution is 8.08. The molecule has 0 atom stereocenters. The zero-order chi connectivity index (χ0) is 15.4. The van der Waals surface area contributed by atoms with E-state index >= 15 is 0 Å². The molecule has 1 aliphatic heterocycles. The van der Waals surface area contributed by atoms with Crippen LogP contribution in [0, 0.1) is 0 Å². The first-order valence-electron chi connectivity index (χ1n) is 7.59. The quantitative estimate of drug-likeness (QED) is 0.723. The maximum Gasteiger partial charge on any atom is 0.135 e. The van der Waals surface area contributed by atoms with Gasteiger partial charge in [0.05, 0.1) is 0 Å². The summed E-state index contributed by atoms with van der Waals surface area (Å²) in [4.78, 5) is 3.52. The molecule has 0 amide bonds. The van der Waals surface area contributed by atoms with Crippen LogP contribution in [0.5, 0.6) is 11.5 Å². The van der Waals surface area contributed by atoms with Crippen LogP contribution >= 0.6 is 11.8 Å². The summed E-state index contributed by atoms with van der Waals surface area (Å²) in [6, 6.07) is 16.5. The van der Waals surface area contributed by atoms with E-state index in [1.807, 2.05) is 36.0 Å². The van der Waals surface area contributed by atoms with E-state index in [1.165, 1.54) is 16.9 Å². The minimum atomic E-state index is 0.929. The summed E-state index contributed by atoms with van der Waals surface area (Å²) in [5.74, 6) is 2.98. The Hall–Kier alpha value is -1.71. The van der Waals surface area contributed by atoms with E-state index in [0.717, 1.165) is 29.4 Å². The number of fused-ring (bicyclic) bond motifs is 2. The zero-order valence-electron chi connectivity index (χ0n) is 13.1. The summed E-state index contributed by atoms with van der Waals surface area (Å²) >= 11 is 1.91. The van der Waals surface area contributed by atoms with Crippen molar-refractivity contribution in [2.75, 3.05) is 26.4 Å². The summed E-state index contributed by atoms with van der Waals surface area (Å²) in [6.45, 7) is 1.12. The molecule has 0 fully saturated rings. The van der Waals surface area contributed by atoms with Crippen molar-refractivity contribution in [3.05, 3.63) is 59.7 Å². The van der Waals surface area contributed by atoms with Crippen molar-refractivity contribution in [3.8, 4) is 11.5 Å². The molecule has 2 aromatic carbocycles. The maximum atomic E-state index is 6.10. The molecule has 0 aromatic heterocycles. The fraction of sp³-hybridized carbons (Fsp3) is 0.263. The van der Waals surface area contributed by atoms with Gasteiger partial charge in [-0.15, -0.1) is 11.8 Å². The molecule has 114 valence electrons. The maximum absolute atomic E-state index is 6.10. The second kappa shape index (κ2) is 7.03. The van der Waals surface area contributed by atoms with Gasteiger partial charge < -0.3 is 9.64 Å². The summed E-state index contributed by atoms with van der Waals surface area (Å²) in [5, 5.41) is 0. The fourth-order valence-corrected chi connectivity index (χ4v) is 3.50. The number of hydrogen-bond acceptors (Lipinski definition) is 3. The molecule has 0 radical (unpaired) electrons. The smallest absolute Gasteiger partial charge is 0.135 e. The summed E-state index contributed by atoms with van der Waals surface area (Å²) in [5.41, 5.74) is 2.34. The Labute approximate surface area is 136 Å². The van der Waals surface area contributed by atoms with Crippen LogP contribution in [0.15, 0.2) is 48.5 Å². The van der Waals surface area contributed by atoms with E-state index in [2.05, 4.69) is 49.3 Å². The third kappa shape index (κ3) is 3.54. The van der Waals surface area contributed by atoms with Gasteiger partial charge in [0.25, 0.3) is 0 Å². The van der Waals surface area contributed by atoms with E-state index in [9.17, 15) is 0 Å². The van der Waals surface area contributed by atoms with Crippen LogP contribution in [0.4, 0.5) is 0 Å². The lowest BCUT2D eigenvalue weighted by atomic mass is 10.1. The van der Waals surface area contributed by atoms with Gasteiger partial charge in [-0.1, -0.05) is 36.4 Å². The second-order valence-electron chi connectivity index (χ2n) is 5.65. The highest BCUT2D eigenvalue weighted by Gasteiger charge is 2.16. The summed E-state index contributed by atoms with van der Waals surface area (Å²) in [6.07, 6.45) is 3.43. The van der Waals surface area contributed by atoms with Crippen LogP contribution in [0.2, 0.25) is 0 Å². The van der Waals surface area contributed by atoms with Crippen LogP contribution < -0.4 is 4.74 Å².